The molecule has 2 aromatic carbocycles. The van der Waals surface area contributed by atoms with Crippen molar-refractivity contribution in [2.24, 2.45) is 0 Å². The first kappa shape index (κ1) is 17.0. The molecule has 0 fully saturated rings. The molecule has 3 aliphatic heterocycles. The second kappa shape index (κ2) is 7.11. The summed E-state index contributed by atoms with van der Waals surface area (Å²) in [6.45, 7) is 2.25. The van der Waals surface area contributed by atoms with Gasteiger partial charge in [0, 0.05) is 30.3 Å². The number of nitrogens with one attached hydrogen (secondary N) is 1. The van der Waals surface area contributed by atoms with Crippen molar-refractivity contribution in [3.63, 3.8) is 0 Å². The molecule has 0 bridgehead atoms. The van der Waals surface area contributed by atoms with Crippen LogP contribution in [0.5, 0.6) is 23.0 Å². The first-order valence-corrected chi connectivity index (χ1v) is 9.59. The highest BCUT2D eigenvalue weighted by molar-refractivity contribution is 6.00. The summed E-state index contributed by atoms with van der Waals surface area (Å²) in [6.07, 6.45) is 2.69. The molecule has 0 saturated heterocycles. The van der Waals surface area contributed by atoms with Crippen molar-refractivity contribution < 1.29 is 23.7 Å². The number of para-hydroxylation sites is 2. The molecule has 0 radical (unpaired) electrons. The SMILES string of the molecule is O=C(/C=C1\NCCc2cc3c(cc21)OCCCO3)[C@@H]1COc2ccccc2O1. The lowest BCUT2D eigenvalue weighted by atomic mass is 9.96. The molecule has 2 aromatic rings. The molecule has 1 N–H and O–H groups in total. The van der Waals surface area contributed by atoms with Crippen molar-refractivity contribution in [3.8, 4) is 23.0 Å². The first-order chi connectivity index (χ1) is 13.8. The van der Waals surface area contributed by atoms with Gasteiger partial charge in [0.15, 0.2) is 29.1 Å². The van der Waals surface area contributed by atoms with E-state index in [-0.39, 0.29) is 12.4 Å². The van der Waals surface area contributed by atoms with Gasteiger partial charge in [-0.3, -0.25) is 4.79 Å². The second-order valence-corrected chi connectivity index (χ2v) is 7.01. The molecule has 0 amide bonds. The van der Waals surface area contributed by atoms with Crippen LogP contribution in [0, 0.1) is 0 Å². The van der Waals surface area contributed by atoms with E-state index in [9.17, 15) is 4.79 Å². The maximum absolute atomic E-state index is 12.9. The van der Waals surface area contributed by atoms with Crippen LogP contribution in [0.25, 0.3) is 5.70 Å². The highest BCUT2D eigenvalue weighted by atomic mass is 16.6. The molecular formula is C22H21NO5. The van der Waals surface area contributed by atoms with Gasteiger partial charge in [0.1, 0.15) is 6.61 Å². The van der Waals surface area contributed by atoms with Gasteiger partial charge in [0.05, 0.1) is 13.2 Å². The van der Waals surface area contributed by atoms with Gasteiger partial charge in [-0.05, 0) is 36.2 Å². The number of ether oxygens (including phenoxy) is 4. The zero-order valence-corrected chi connectivity index (χ0v) is 15.4. The van der Waals surface area contributed by atoms with Gasteiger partial charge < -0.3 is 24.3 Å². The van der Waals surface area contributed by atoms with Crippen LogP contribution in [-0.4, -0.2) is 38.3 Å². The molecule has 5 rings (SSSR count). The third-order valence-corrected chi connectivity index (χ3v) is 5.09. The average Bonchev–Trinajstić information content (AvgIpc) is 2.97. The van der Waals surface area contributed by atoms with E-state index >= 15 is 0 Å². The van der Waals surface area contributed by atoms with Gasteiger partial charge in [0.25, 0.3) is 0 Å². The quantitative estimate of drug-likeness (QED) is 0.810. The van der Waals surface area contributed by atoms with Crippen molar-refractivity contribution in [2.75, 3.05) is 26.4 Å². The Morgan fingerprint density at radius 1 is 1.00 bits per heavy atom. The van der Waals surface area contributed by atoms with E-state index < -0.39 is 6.10 Å². The number of hydrogen-bond donors (Lipinski definition) is 1. The molecule has 6 heteroatoms. The van der Waals surface area contributed by atoms with Gasteiger partial charge in [0.2, 0.25) is 5.78 Å². The lowest BCUT2D eigenvalue weighted by Crippen LogP contribution is -2.36. The molecule has 0 aliphatic carbocycles. The predicted molar refractivity (Wildman–Crippen MR) is 103 cm³/mol. The van der Waals surface area contributed by atoms with Crippen LogP contribution >= 0.6 is 0 Å². The molecule has 3 aliphatic rings. The number of fused-ring (bicyclic) bond motifs is 3. The fraction of sp³-hybridized carbons (Fsp3) is 0.318. The lowest BCUT2D eigenvalue weighted by molar-refractivity contribution is -0.123. The summed E-state index contributed by atoms with van der Waals surface area (Å²) >= 11 is 0. The molecule has 0 spiro atoms. The molecule has 1 atom stereocenters. The minimum atomic E-state index is -0.657. The summed E-state index contributed by atoms with van der Waals surface area (Å²) < 4.78 is 23.1. The standard InChI is InChI=1S/C22H21NO5/c24-17(22-13-27-18-4-1-2-5-19(18)28-22)12-16-15-11-21-20(25-8-3-9-26-21)10-14(15)6-7-23-16/h1-2,4-5,10-12,22-23H,3,6-9,13H2/b16-12-/t22-/m0/s1. The molecule has 28 heavy (non-hydrogen) atoms. The summed E-state index contributed by atoms with van der Waals surface area (Å²) in [6, 6.07) is 11.4. The Bertz CT molecular complexity index is 952. The summed E-state index contributed by atoms with van der Waals surface area (Å²) in [5.74, 6) is 2.64. The van der Waals surface area contributed by atoms with Crippen LogP contribution in [0.3, 0.4) is 0 Å². The fourth-order valence-corrected chi connectivity index (χ4v) is 3.66. The maximum atomic E-state index is 12.9. The Kier molecular flexibility index (Phi) is 4.31. The minimum absolute atomic E-state index is 0.128. The molecule has 3 heterocycles. The molecule has 0 saturated carbocycles. The largest absolute Gasteiger partial charge is 0.490 e. The van der Waals surface area contributed by atoms with Crippen LogP contribution in [0.1, 0.15) is 17.5 Å². The van der Waals surface area contributed by atoms with Crippen molar-refractivity contribution in [1.29, 1.82) is 0 Å². The summed E-state index contributed by atoms with van der Waals surface area (Å²) in [5, 5.41) is 3.33. The van der Waals surface area contributed by atoms with Crippen LogP contribution in [0.2, 0.25) is 0 Å². The van der Waals surface area contributed by atoms with Crippen molar-refractivity contribution in [2.45, 2.75) is 18.9 Å². The third kappa shape index (κ3) is 3.15. The van der Waals surface area contributed by atoms with E-state index in [2.05, 4.69) is 5.32 Å². The maximum Gasteiger partial charge on any atom is 0.201 e. The third-order valence-electron chi connectivity index (χ3n) is 5.09. The number of carbonyl (C=O) groups is 1. The Hall–Kier alpha value is -3.15. The number of ketones is 1. The minimum Gasteiger partial charge on any atom is -0.490 e. The van der Waals surface area contributed by atoms with E-state index in [1.807, 2.05) is 36.4 Å². The molecule has 0 unspecified atom stereocenters. The summed E-state index contributed by atoms with van der Waals surface area (Å²) in [4.78, 5) is 12.9. The molecular weight excluding hydrogens is 358 g/mol. The highest BCUT2D eigenvalue weighted by Gasteiger charge is 2.27. The zero-order valence-electron chi connectivity index (χ0n) is 15.4. The van der Waals surface area contributed by atoms with Crippen molar-refractivity contribution >= 4 is 11.5 Å². The Labute approximate surface area is 163 Å². The van der Waals surface area contributed by atoms with E-state index in [1.165, 1.54) is 0 Å². The molecule has 6 nitrogen and oxygen atoms in total. The number of hydrogen-bond acceptors (Lipinski definition) is 6. The van der Waals surface area contributed by atoms with E-state index in [1.54, 1.807) is 6.08 Å². The average molecular weight is 379 g/mol. The smallest absolute Gasteiger partial charge is 0.201 e. The predicted octanol–water partition coefficient (Wildman–Crippen LogP) is 2.74. The summed E-state index contributed by atoms with van der Waals surface area (Å²) in [5.41, 5.74) is 2.90. The fourth-order valence-electron chi connectivity index (χ4n) is 3.66. The van der Waals surface area contributed by atoms with Crippen LogP contribution in [0.4, 0.5) is 0 Å². The molecule has 144 valence electrons. The van der Waals surface area contributed by atoms with Crippen LogP contribution in [0.15, 0.2) is 42.5 Å². The topological polar surface area (TPSA) is 66.0 Å². The lowest BCUT2D eigenvalue weighted by Gasteiger charge is -2.26. The van der Waals surface area contributed by atoms with Gasteiger partial charge in [-0.25, -0.2) is 0 Å². The highest BCUT2D eigenvalue weighted by Crippen LogP contribution is 2.37. The monoisotopic (exact) mass is 379 g/mol. The Balaban J connectivity index is 1.42. The van der Waals surface area contributed by atoms with Gasteiger partial charge in [-0.1, -0.05) is 12.1 Å². The summed E-state index contributed by atoms with van der Waals surface area (Å²) in [7, 11) is 0. The Morgan fingerprint density at radius 2 is 1.79 bits per heavy atom. The Morgan fingerprint density at radius 3 is 2.64 bits per heavy atom. The van der Waals surface area contributed by atoms with E-state index in [4.69, 9.17) is 18.9 Å². The van der Waals surface area contributed by atoms with Crippen LogP contribution in [-0.2, 0) is 11.2 Å². The first-order valence-electron chi connectivity index (χ1n) is 9.59. The second-order valence-electron chi connectivity index (χ2n) is 7.01. The normalized spacial score (nSPS) is 21.3. The zero-order chi connectivity index (χ0) is 18.9. The van der Waals surface area contributed by atoms with Gasteiger partial charge in [-0.15, -0.1) is 0 Å². The van der Waals surface area contributed by atoms with E-state index in [0.717, 1.165) is 47.7 Å². The van der Waals surface area contributed by atoms with Crippen molar-refractivity contribution in [3.05, 3.63) is 53.6 Å². The molecule has 0 aromatic heterocycles. The van der Waals surface area contributed by atoms with Crippen LogP contribution < -0.4 is 24.3 Å². The number of carbonyl (C=O) groups excluding carboxylic acids is 1. The van der Waals surface area contributed by atoms with Crippen molar-refractivity contribution in [1.82, 2.24) is 5.32 Å². The number of benzene rings is 2. The van der Waals surface area contributed by atoms with E-state index in [0.29, 0.717) is 24.7 Å². The van der Waals surface area contributed by atoms with Gasteiger partial charge in [-0.2, -0.15) is 0 Å². The number of rotatable bonds is 2. The van der Waals surface area contributed by atoms with Gasteiger partial charge >= 0.3 is 0 Å².